The van der Waals surface area contributed by atoms with Gasteiger partial charge in [0, 0.05) is 31.6 Å². The first kappa shape index (κ1) is 20.7. The molecule has 1 atom stereocenters. The van der Waals surface area contributed by atoms with Gasteiger partial charge in [0.25, 0.3) is 0 Å². The smallest absolute Gasteiger partial charge is 0.191 e. The number of guanidine groups is 1. The van der Waals surface area contributed by atoms with E-state index in [-0.39, 0.29) is 24.0 Å². The third-order valence-corrected chi connectivity index (χ3v) is 4.86. The van der Waals surface area contributed by atoms with Crippen molar-refractivity contribution >= 4 is 41.3 Å². The molecule has 5 nitrogen and oxygen atoms in total. The van der Waals surface area contributed by atoms with Gasteiger partial charge in [0.2, 0.25) is 0 Å². The van der Waals surface area contributed by atoms with Gasteiger partial charge >= 0.3 is 0 Å². The average molecular weight is 452 g/mol. The Bertz CT molecular complexity index is 435. The van der Waals surface area contributed by atoms with Crippen LogP contribution in [0.25, 0.3) is 0 Å². The molecule has 1 fully saturated rings. The molecular weight excluding hydrogens is 423 g/mol. The first-order valence-electron chi connectivity index (χ1n) is 8.15. The Kier molecular flexibility index (Phi) is 10.8. The second-order valence-electron chi connectivity index (χ2n) is 5.35. The normalized spacial score (nSPS) is 16.9. The van der Waals surface area contributed by atoms with Crippen molar-refractivity contribution in [2.24, 2.45) is 4.99 Å². The molecule has 23 heavy (non-hydrogen) atoms. The van der Waals surface area contributed by atoms with E-state index in [1.807, 2.05) is 25.3 Å². The van der Waals surface area contributed by atoms with Gasteiger partial charge in [-0.05, 0) is 44.3 Å². The first-order chi connectivity index (χ1) is 10.8. The fourth-order valence-corrected chi connectivity index (χ4v) is 3.60. The summed E-state index contributed by atoms with van der Waals surface area (Å²) in [7, 11) is 1.81. The maximum Gasteiger partial charge on any atom is 0.191 e. The Labute approximate surface area is 160 Å². The number of hydrogen-bond acceptors (Lipinski definition) is 4. The molecule has 0 aliphatic carbocycles. The van der Waals surface area contributed by atoms with Crippen LogP contribution in [0.5, 0.6) is 0 Å². The second-order valence-corrected chi connectivity index (χ2v) is 6.33. The Balaban J connectivity index is 0.00000264. The molecule has 0 bridgehead atoms. The molecule has 0 spiro atoms. The summed E-state index contributed by atoms with van der Waals surface area (Å²) in [4.78, 5) is 8.29. The van der Waals surface area contributed by atoms with E-state index in [0.29, 0.717) is 12.6 Å². The third kappa shape index (κ3) is 6.94. The van der Waals surface area contributed by atoms with Gasteiger partial charge in [0.1, 0.15) is 0 Å². The minimum atomic E-state index is 0. The van der Waals surface area contributed by atoms with Crippen LogP contribution in [-0.2, 0) is 4.74 Å². The van der Waals surface area contributed by atoms with Crippen LogP contribution in [0.3, 0.4) is 0 Å². The van der Waals surface area contributed by atoms with E-state index in [4.69, 9.17) is 4.74 Å². The first-order valence-corrected chi connectivity index (χ1v) is 9.02. The maximum atomic E-state index is 5.34. The number of likely N-dealkylation sites (tertiary alicyclic amines) is 1. The van der Waals surface area contributed by atoms with Crippen LogP contribution in [0.2, 0.25) is 0 Å². The quantitative estimate of drug-likeness (QED) is 0.276. The number of nitrogens with one attached hydrogen (secondary N) is 2. The average Bonchev–Trinajstić information content (AvgIpc) is 3.23. The molecule has 1 aromatic heterocycles. The standard InChI is InChI=1S/C16H28N4OS.HI/c1-3-21-11-8-18-16(17-2)19-13-14(15-7-6-12-22-15)20-9-4-5-10-20;/h6-7,12,14H,3-5,8-11,13H2,1-2H3,(H2,17,18,19);1H. The predicted molar refractivity (Wildman–Crippen MR) is 109 cm³/mol. The summed E-state index contributed by atoms with van der Waals surface area (Å²) in [5, 5.41) is 8.91. The van der Waals surface area contributed by atoms with Gasteiger partial charge < -0.3 is 15.4 Å². The van der Waals surface area contributed by atoms with E-state index < -0.39 is 0 Å². The van der Waals surface area contributed by atoms with Gasteiger partial charge in [0.15, 0.2) is 5.96 Å². The fourth-order valence-electron chi connectivity index (χ4n) is 2.74. The second kappa shape index (κ2) is 12.0. The van der Waals surface area contributed by atoms with E-state index in [1.54, 1.807) is 0 Å². The number of ether oxygens (including phenoxy) is 1. The third-order valence-electron chi connectivity index (χ3n) is 3.88. The van der Waals surface area contributed by atoms with E-state index >= 15 is 0 Å². The largest absolute Gasteiger partial charge is 0.380 e. The molecule has 1 aliphatic heterocycles. The molecule has 1 aromatic rings. The van der Waals surface area contributed by atoms with Gasteiger partial charge in [-0.3, -0.25) is 9.89 Å². The zero-order valence-electron chi connectivity index (χ0n) is 14.1. The van der Waals surface area contributed by atoms with Crippen molar-refractivity contribution in [2.45, 2.75) is 25.8 Å². The summed E-state index contributed by atoms with van der Waals surface area (Å²) in [5.41, 5.74) is 0. The van der Waals surface area contributed by atoms with Crippen molar-refractivity contribution in [3.63, 3.8) is 0 Å². The highest BCUT2D eigenvalue weighted by atomic mass is 127. The van der Waals surface area contributed by atoms with Gasteiger partial charge in [-0.15, -0.1) is 35.3 Å². The molecule has 0 radical (unpaired) electrons. The number of hydrogen-bond donors (Lipinski definition) is 2. The molecule has 0 saturated carbocycles. The van der Waals surface area contributed by atoms with E-state index in [0.717, 1.165) is 25.7 Å². The molecule has 2 heterocycles. The highest BCUT2D eigenvalue weighted by Gasteiger charge is 2.24. The SMILES string of the molecule is CCOCCNC(=NC)NCC(c1cccs1)N1CCCC1.I. The van der Waals surface area contributed by atoms with Crippen molar-refractivity contribution in [2.75, 3.05) is 46.4 Å². The van der Waals surface area contributed by atoms with Gasteiger partial charge in [-0.1, -0.05) is 6.07 Å². The molecule has 2 rings (SSSR count). The molecule has 1 aliphatic rings. The van der Waals surface area contributed by atoms with Crippen LogP contribution in [0.4, 0.5) is 0 Å². The summed E-state index contributed by atoms with van der Waals surface area (Å²) in [6, 6.07) is 4.81. The lowest BCUT2D eigenvalue weighted by molar-refractivity contribution is 0.152. The van der Waals surface area contributed by atoms with Gasteiger partial charge in [-0.2, -0.15) is 0 Å². The molecule has 7 heteroatoms. The lowest BCUT2D eigenvalue weighted by Crippen LogP contribution is -2.43. The summed E-state index contributed by atoms with van der Waals surface area (Å²) in [6.45, 7) is 7.52. The van der Waals surface area contributed by atoms with Crippen LogP contribution in [-0.4, -0.2) is 57.3 Å². The molecule has 0 amide bonds. The van der Waals surface area contributed by atoms with Crippen molar-refractivity contribution in [1.29, 1.82) is 0 Å². The van der Waals surface area contributed by atoms with Crippen molar-refractivity contribution in [1.82, 2.24) is 15.5 Å². The highest BCUT2D eigenvalue weighted by molar-refractivity contribution is 14.0. The van der Waals surface area contributed by atoms with Crippen LogP contribution in [0.1, 0.15) is 30.7 Å². The number of thiophene rings is 1. The van der Waals surface area contributed by atoms with Crippen molar-refractivity contribution in [3.05, 3.63) is 22.4 Å². The topological polar surface area (TPSA) is 48.9 Å². The van der Waals surface area contributed by atoms with E-state index in [9.17, 15) is 0 Å². The molecule has 1 saturated heterocycles. The molecular formula is C16H29IN4OS. The summed E-state index contributed by atoms with van der Waals surface area (Å²) < 4.78 is 5.34. The Morgan fingerprint density at radius 3 is 2.78 bits per heavy atom. The Morgan fingerprint density at radius 1 is 1.39 bits per heavy atom. The summed E-state index contributed by atoms with van der Waals surface area (Å²) in [6.07, 6.45) is 2.62. The maximum absolute atomic E-state index is 5.34. The molecule has 1 unspecified atom stereocenters. The predicted octanol–water partition coefficient (Wildman–Crippen LogP) is 2.70. The number of halogens is 1. The number of aliphatic imine (C=N–C) groups is 1. The van der Waals surface area contributed by atoms with Crippen LogP contribution in [0.15, 0.2) is 22.5 Å². The van der Waals surface area contributed by atoms with Crippen molar-refractivity contribution in [3.8, 4) is 0 Å². The Hall–Kier alpha value is -0.380. The Morgan fingerprint density at radius 2 is 2.17 bits per heavy atom. The molecule has 2 N–H and O–H groups in total. The summed E-state index contributed by atoms with van der Waals surface area (Å²) in [5.74, 6) is 0.848. The van der Waals surface area contributed by atoms with Crippen LogP contribution in [0, 0.1) is 0 Å². The van der Waals surface area contributed by atoms with E-state index in [1.165, 1.54) is 30.8 Å². The monoisotopic (exact) mass is 452 g/mol. The number of rotatable bonds is 8. The van der Waals surface area contributed by atoms with Gasteiger partial charge in [0.05, 0.1) is 12.6 Å². The molecule has 132 valence electrons. The minimum absolute atomic E-state index is 0. The lowest BCUT2D eigenvalue weighted by Gasteiger charge is -2.27. The van der Waals surface area contributed by atoms with Crippen molar-refractivity contribution < 1.29 is 4.74 Å². The minimum Gasteiger partial charge on any atom is -0.380 e. The zero-order chi connectivity index (χ0) is 15.6. The molecule has 0 aromatic carbocycles. The number of nitrogens with zero attached hydrogens (tertiary/aromatic N) is 2. The summed E-state index contributed by atoms with van der Waals surface area (Å²) >= 11 is 1.84. The van der Waals surface area contributed by atoms with E-state index in [2.05, 4.69) is 38.0 Å². The highest BCUT2D eigenvalue weighted by Crippen LogP contribution is 2.27. The fraction of sp³-hybridized carbons (Fsp3) is 0.688. The van der Waals surface area contributed by atoms with Gasteiger partial charge in [-0.25, -0.2) is 0 Å². The van der Waals surface area contributed by atoms with Crippen LogP contribution < -0.4 is 10.6 Å². The lowest BCUT2D eigenvalue weighted by atomic mass is 10.2. The van der Waals surface area contributed by atoms with Crippen LogP contribution >= 0.6 is 35.3 Å². The zero-order valence-corrected chi connectivity index (χ0v) is 17.2.